The summed E-state index contributed by atoms with van der Waals surface area (Å²) in [5.74, 6) is 0.783. The number of aliphatic imine (C=N–C) groups is 1. The van der Waals surface area contributed by atoms with Crippen molar-refractivity contribution in [3.05, 3.63) is 58.9 Å². The summed E-state index contributed by atoms with van der Waals surface area (Å²) in [7, 11) is 1.71. The molecule has 0 atom stereocenters. The van der Waals surface area contributed by atoms with Gasteiger partial charge < -0.3 is 21.1 Å². The van der Waals surface area contributed by atoms with Gasteiger partial charge in [0.05, 0.1) is 0 Å². The lowest BCUT2D eigenvalue weighted by molar-refractivity contribution is -0.119. The highest BCUT2D eigenvalue weighted by molar-refractivity contribution is 14.0. The van der Waals surface area contributed by atoms with Gasteiger partial charge >= 0.3 is 0 Å². The number of carbonyl (C=O) groups is 1. The van der Waals surface area contributed by atoms with E-state index in [1.54, 1.807) is 25.4 Å². The van der Waals surface area contributed by atoms with E-state index < -0.39 is 5.91 Å². The van der Waals surface area contributed by atoms with Crippen LogP contribution in [0.25, 0.3) is 0 Å². The number of hydrogen-bond donors (Lipinski definition) is 3. The number of benzene rings is 1. The second-order valence-corrected chi connectivity index (χ2v) is 5.88. The van der Waals surface area contributed by atoms with Gasteiger partial charge in [-0.15, -0.1) is 24.0 Å². The fourth-order valence-electron chi connectivity index (χ4n) is 2.19. The number of nitrogens with two attached hydrogens (primary N) is 1. The van der Waals surface area contributed by atoms with Gasteiger partial charge in [-0.25, -0.2) is 4.98 Å². The Hall–Kier alpha value is -2.07. The predicted molar refractivity (Wildman–Crippen MR) is 118 cm³/mol. The van der Waals surface area contributed by atoms with Crippen LogP contribution in [0.1, 0.15) is 11.1 Å². The molecular weight excluding hydrogens is 481 g/mol. The van der Waals surface area contributed by atoms with E-state index in [1.807, 2.05) is 24.3 Å². The summed E-state index contributed by atoms with van der Waals surface area (Å²) in [6.45, 7) is 1.14. The predicted octanol–water partition coefficient (Wildman–Crippen LogP) is 2.12. The summed E-state index contributed by atoms with van der Waals surface area (Å²) in [6, 6.07) is 11.2. The molecule has 146 valence electrons. The maximum Gasteiger partial charge on any atom is 0.255 e. The minimum Gasteiger partial charge on any atom is -0.484 e. The molecule has 7 nitrogen and oxygen atoms in total. The van der Waals surface area contributed by atoms with Crippen molar-refractivity contribution in [1.82, 2.24) is 15.6 Å². The van der Waals surface area contributed by atoms with Crippen molar-refractivity contribution in [2.24, 2.45) is 10.7 Å². The number of nitrogens with zero attached hydrogens (tertiary/aromatic N) is 2. The smallest absolute Gasteiger partial charge is 0.255 e. The number of pyridine rings is 1. The fourth-order valence-corrected chi connectivity index (χ4v) is 2.30. The van der Waals surface area contributed by atoms with Crippen LogP contribution in [-0.2, 0) is 17.8 Å². The highest BCUT2D eigenvalue weighted by atomic mass is 127. The zero-order chi connectivity index (χ0) is 18.8. The van der Waals surface area contributed by atoms with Crippen LogP contribution in [0.5, 0.6) is 5.75 Å². The van der Waals surface area contributed by atoms with Gasteiger partial charge in [-0.3, -0.25) is 9.79 Å². The molecule has 1 aromatic heterocycles. The first-order chi connectivity index (χ1) is 12.6. The highest BCUT2D eigenvalue weighted by Crippen LogP contribution is 2.13. The number of hydrogen-bond acceptors (Lipinski definition) is 4. The van der Waals surface area contributed by atoms with Crippen molar-refractivity contribution in [3.63, 3.8) is 0 Å². The lowest BCUT2D eigenvalue weighted by atomic mass is 10.2. The zero-order valence-electron chi connectivity index (χ0n) is 14.9. The van der Waals surface area contributed by atoms with Crippen LogP contribution in [-0.4, -0.2) is 37.1 Å². The van der Waals surface area contributed by atoms with Gasteiger partial charge in [-0.05, 0) is 35.7 Å². The SMILES string of the molecule is CN=C(NCCc1ccc(Cl)nc1)NCc1cccc(OCC(N)=O)c1.I. The number of nitrogens with one attached hydrogen (secondary N) is 2. The molecule has 0 saturated carbocycles. The van der Waals surface area contributed by atoms with Crippen LogP contribution in [0, 0.1) is 0 Å². The Balaban J connectivity index is 0.00000364. The van der Waals surface area contributed by atoms with Gasteiger partial charge in [-0.2, -0.15) is 0 Å². The van der Waals surface area contributed by atoms with E-state index >= 15 is 0 Å². The molecule has 1 heterocycles. The Bertz CT molecular complexity index is 756. The van der Waals surface area contributed by atoms with Gasteiger partial charge in [0, 0.05) is 26.3 Å². The molecule has 0 aliphatic carbocycles. The first kappa shape index (κ1) is 23.0. The lowest BCUT2D eigenvalue weighted by Gasteiger charge is -2.12. The van der Waals surface area contributed by atoms with Gasteiger partial charge in [0.25, 0.3) is 5.91 Å². The highest BCUT2D eigenvalue weighted by Gasteiger charge is 2.02. The van der Waals surface area contributed by atoms with Gasteiger partial charge in [0.1, 0.15) is 10.9 Å². The molecule has 1 amide bonds. The van der Waals surface area contributed by atoms with Crippen LogP contribution in [0.2, 0.25) is 5.15 Å². The van der Waals surface area contributed by atoms with Crippen molar-refractivity contribution in [3.8, 4) is 5.75 Å². The van der Waals surface area contributed by atoms with Gasteiger partial charge in [0.15, 0.2) is 12.6 Å². The molecule has 0 bridgehead atoms. The summed E-state index contributed by atoms with van der Waals surface area (Å²) in [4.78, 5) is 19.0. The third-order valence-electron chi connectivity index (χ3n) is 3.46. The Morgan fingerprint density at radius 2 is 2.07 bits per heavy atom. The van der Waals surface area contributed by atoms with Crippen molar-refractivity contribution in [2.75, 3.05) is 20.2 Å². The number of halogens is 2. The standard InChI is InChI=1S/C18H22ClN5O2.HI/c1-21-18(22-8-7-13-5-6-16(19)23-10-13)24-11-14-3-2-4-15(9-14)26-12-17(20)25;/h2-6,9-10H,7-8,11-12H2,1H3,(H2,20,25)(H2,21,22,24);1H. The monoisotopic (exact) mass is 503 g/mol. The van der Waals surface area contributed by atoms with E-state index in [4.69, 9.17) is 22.1 Å². The van der Waals surface area contributed by atoms with Crippen LogP contribution in [0.15, 0.2) is 47.6 Å². The second kappa shape index (κ2) is 12.3. The summed E-state index contributed by atoms with van der Waals surface area (Å²) in [5.41, 5.74) is 7.17. The van der Waals surface area contributed by atoms with E-state index in [0.29, 0.717) is 30.0 Å². The third-order valence-corrected chi connectivity index (χ3v) is 3.68. The Labute approximate surface area is 180 Å². The van der Waals surface area contributed by atoms with E-state index in [2.05, 4.69) is 20.6 Å². The quantitative estimate of drug-likeness (QED) is 0.222. The maximum atomic E-state index is 10.8. The minimum absolute atomic E-state index is 0. The summed E-state index contributed by atoms with van der Waals surface area (Å²) >= 11 is 5.78. The molecule has 4 N–H and O–H groups in total. The van der Waals surface area contributed by atoms with E-state index in [1.165, 1.54) is 0 Å². The molecular formula is C18H23ClIN5O2. The van der Waals surface area contributed by atoms with Crippen LogP contribution in [0.4, 0.5) is 0 Å². The number of primary amides is 1. The maximum absolute atomic E-state index is 10.8. The van der Waals surface area contributed by atoms with Crippen molar-refractivity contribution >= 4 is 47.4 Å². The number of carbonyl (C=O) groups excluding carboxylic acids is 1. The van der Waals surface area contributed by atoms with E-state index in [-0.39, 0.29) is 30.6 Å². The first-order valence-corrected chi connectivity index (χ1v) is 8.49. The van der Waals surface area contributed by atoms with Gasteiger partial charge in [0.2, 0.25) is 0 Å². The summed E-state index contributed by atoms with van der Waals surface area (Å²) in [6.07, 6.45) is 2.57. The topological polar surface area (TPSA) is 102 Å². The molecule has 1 aromatic carbocycles. The van der Waals surface area contributed by atoms with E-state index in [9.17, 15) is 4.79 Å². The largest absolute Gasteiger partial charge is 0.484 e. The molecule has 0 saturated heterocycles. The van der Waals surface area contributed by atoms with Crippen molar-refractivity contribution in [2.45, 2.75) is 13.0 Å². The molecule has 9 heteroatoms. The number of guanidine groups is 1. The third kappa shape index (κ3) is 8.91. The fraction of sp³-hybridized carbons (Fsp3) is 0.278. The molecule has 2 rings (SSSR count). The van der Waals surface area contributed by atoms with Crippen LogP contribution in [0.3, 0.4) is 0 Å². The second-order valence-electron chi connectivity index (χ2n) is 5.49. The van der Waals surface area contributed by atoms with Crippen molar-refractivity contribution < 1.29 is 9.53 Å². The summed E-state index contributed by atoms with van der Waals surface area (Å²) in [5, 5.41) is 6.96. The molecule has 0 fully saturated rings. The molecule has 27 heavy (non-hydrogen) atoms. The van der Waals surface area contributed by atoms with Gasteiger partial charge in [-0.1, -0.05) is 29.8 Å². The van der Waals surface area contributed by atoms with Crippen molar-refractivity contribution in [1.29, 1.82) is 0 Å². The lowest BCUT2D eigenvalue weighted by Crippen LogP contribution is -2.37. The van der Waals surface area contributed by atoms with Crippen LogP contribution < -0.4 is 21.1 Å². The Kier molecular flexibility index (Phi) is 10.5. The normalized spacial score (nSPS) is 10.7. The Morgan fingerprint density at radius 3 is 2.74 bits per heavy atom. The molecule has 2 aromatic rings. The van der Waals surface area contributed by atoms with Crippen LogP contribution >= 0.6 is 35.6 Å². The number of amides is 1. The number of ether oxygens (including phenoxy) is 1. The molecule has 0 spiro atoms. The number of aromatic nitrogens is 1. The average molecular weight is 504 g/mol. The zero-order valence-corrected chi connectivity index (χ0v) is 18.0. The number of rotatable bonds is 8. The molecule has 0 radical (unpaired) electrons. The summed E-state index contributed by atoms with van der Waals surface area (Å²) < 4.78 is 5.30. The average Bonchev–Trinajstić information content (AvgIpc) is 2.64. The van der Waals surface area contributed by atoms with E-state index in [0.717, 1.165) is 17.5 Å². The minimum atomic E-state index is -0.506. The Morgan fingerprint density at radius 1 is 1.26 bits per heavy atom. The molecule has 0 aliphatic rings. The molecule has 0 aliphatic heterocycles. The molecule has 0 unspecified atom stereocenters. The first-order valence-electron chi connectivity index (χ1n) is 8.12.